The second-order valence-electron chi connectivity index (χ2n) is 3.95. The van der Waals surface area contributed by atoms with E-state index in [2.05, 4.69) is 18.0 Å². The first kappa shape index (κ1) is 7.12. The van der Waals surface area contributed by atoms with Crippen LogP contribution >= 0.6 is 0 Å². The highest BCUT2D eigenvalue weighted by atomic mass is 15.1. The molecule has 0 aromatic rings. The van der Waals surface area contributed by atoms with Crippen LogP contribution in [0.1, 0.15) is 12.8 Å². The molecule has 2 nitrogen and oxygen atoms in total. The summed E-state index contributed by atoms with van der Waals surface area (Å²) in [7, 11) is 2.17. The SMILES string of the molecule is CN1CCC(C2CC2C#N)C1. The third-order valence-corrected chi connectivity index (χ3v) is 3.04. The lowest BCUT2D eigenvalue weighted by Crippen LogP contribution is -2.15. The van der Waals surface area contributed by atoms with Crippen molar-refractivity contribution in [3.63, 3.8) is 0 Å². The van der Waals surface area contributed by atoms with Crippen LogP contribution in [0.15, 0.2) is 0 Å². The van der Waals surface area contributed by atoms with E-state index in [-0.39, 0.29) is 0 Å². The molecule has 2 fully saturated rings. The number of likely N-dealkylation sites (tertiary alicyclic amines) is 1. The van der Waals surface area contributed by atoms with E-state index in [0.717, 1.165) is 11.8 Å². The predicted molar refractivity (Wildman–Crippen MR) is 42.8 cm³/mol. The maximum Gasteiger partial charge on any atom is 0.0658 e. The van der Waals surface area contributed by atoms with Gasteiger partial charge in [-0.15, -0.1) is 0 Å². The number of hydrogen-bond donors (Lipinski definition) is 0. The Kier molecular flexibility index (Phi) is 1.61. The summed E-state index contributed by atoms with van der Waals surface area (Å²) in [6.45, 7) is 2.46. The standard InChI is InChI=1S/C9H14N2/c1-11-3-2-7(6-11)9-4-8(9)5-10/h7-9H,2-4,6H2,1H3. The van der Waals surface area contributed by atoms with Gasteiger partial charge in [-0.2, -0.15) is 5.26 Å². The first-order chi connectivity index (χ1) is 5.31. The molecule has 1 aliphatic carbocycles. The molecular formula is C9H14N2. The smallest absolute Gasteiger partial charge is 0.0658 e. The largest absolute Gasteiger partial charge is 0.306 e. The Balaban J connectivity index is 1.86. The molecule has 60 valence electrons. The molecule has 0 radical (unpaired) electrons. The quantitative estimate of drug-likeness (QED) is 0.559. The highest BCUT2D eigenvalue weighted by Crippen LogP contribution is 2.46. The fourth-order valence-corrected chi connectivity index (χ4v) is 2.20. The van der Waals surface area contributed by atoms with Gasteiger partial charge in [0.15, 0.2) is 0 Å². The maximum atomic E-state index is 8.64. The third-order valence-electron chi connectivity index (χ3n) is 3.04. The van der Waals surface area contributed by atoms with E-state index in [0.29, 0.717) is 5.92 Å². The molecule has 11 heavy (non-hydrogen) atoms. The van der Waals surface area contributed by atoms with Crippen molar-refractivity contribution in [3.05, 3.63) is 0 Å². The molecule has 1 saturated carbocycles. The molecule has 2 heteroatoms. The fourth-order valence-electron chi connectivity index (χ4n) is 2.20. The summed E-state index contributed by atoms with van der Waals surface area (Å²) >= 11 is 0. The van der Waals surface area contributed by atoms with Crippen molar-refractivity contribution >= 4 is 0 Å². The van der Waals surface area contributed by atoms with E-state index in [1.807, 2.05) is 0 Å². The third kappa shape index (κ3) is 1.25. The van der Waals surface area contributed by atoms with E-state index >= 15 is 0 Å². The minimum atomic E-state index is 0.409. The lowest BCUT2D eigenvalue weighted by atomic mass is 10.0. The van der Waals surface area contributed by atoms with Gasteiger partial charge in [-0.05, 0) is 38.3 Å². The van der Waals surface area contributed by atoms with E-state index < -0.39 is 0 Å². The maximum absolute atomic E-state index is 8.64. The highest BCUT2D eigenvalue weighted by molar-refractivity contribution is 5.05. The summed E-state index contributed by atoms with van der Waals surface area (Å²) in [5.41, 5.74) is 0. The minimum absolute atomic E-state index is 0.409. The summed E-state index contributed by atoms with van der Waals surface area (Å²) in [4.78, 5) is 2.37. The Morgan fingerprint density at radius 1 is 1.55 bits per heavy atom. The van der Waals surface area contributed by atoms with Crippen LogP contribution in [-0.4, -0.2) is 25.0 Å². The first-order valence-corrected chi connectivity index (χ1v) is 4.39. The molecule has 2 rings (SSSR count). The van der Waals surface area contributed by atoms with Crippen LogP contribution in [0.4, 0.5) is 0 Å². The molecule has 1 aliphatic heterocycles. The van der Waals surface area contributed by atoms with Gasteiger partial charge in [0, 0.05) is 12.5 Å². The fraction of sp³-hybridized carbons (Fsp3) is 0.889. The zero-order chi connectivity index (χ0) is 7.84. The molecule has 0 amide bonds. The molecule has 0 aromatic heterocycles. The molecule has 0 aromatic carbocycles. The van der Waals surface area contributed by atoms with E-state index in [9.17, 15) is 0 Å². The Bertz CT molecular complexity index is 194. The van der Waals surface area contributed by atoms with Gasteiger partial charge in [0.1, 0.15) is 0 Å². The summed E-state index contributed by atoms with van der Waals surface area (Å²) < 4.78 is 0. The lowest BCUT2D eigenvalue weighted by Gasteiger charge is -2.07. The molecular weight excluding hydrogens is 136 g/mol. The van der Waals surface area contributed by atoms with Crippen LogP contribution in [0.2, 0.25) is 0 Å². The number of hydrogen-bond acceptors (Lipinski definition) is 2. The number of nitriles is 1. The van der Waals surface area contributed by atoms with Gasteiger partial charge in [0.25, 0.3) is 0 Å². The van der Waals surface area contributed by atoms with Gasteiger partial charge in [-0.25, -0.2) is 0 Å². The molecule has 0 spiro atoms. The van der Waals surface area contributed by atoms with Crippen molar-refractivity contribution in [2.24, 2.45) is 17.8 Å². The molecule has 3 atom stereocenters. The van der Waals surface area contributed by atoms with Crippen molar-refractivity contribution in [1.29, 1.82) is 5.26 Å². The highest BCUT2D eigenvalue weighted by Gasteiger charge is 2.44. The van der Waals surface area contributed by atoms with Crippen LogP contribution in [-0.2, 0) is 0 Å². The predicted octanol–water partition coefficient (Wildman–Crippen LogP) is 1.10. The van der Waals surface area contributed by atoms with Crippen molar-refractivity contribution in [2.75, 3.05) is 20.1 Å². The molecule has 1 saturated heterocycles. The van der Waals surface area contributed by atoms with Gasteiger partial charge in [-0.3, -0.25) is 0 Å². The summed E-state index contributed by atoms with van der Waals surface area (Å²) in [5.74, 6) is 2.00. The number of nitrogens with zero attached hydrogens (tertiary/aromatic N) is 2. The zero-order valence-corrected chi connectivity index (χ0v) is 6.95. The average molecular weight is 150 g/mol. The first-order valence-electron chi connectivity index (χ1n) is 4.39. The Labute approximate surface area is 67.8 Å². The number of rotatable bonds is 1. The summed E-state index contributed by atoms with van der Waals surface area (Å²) in [6.07, 6.45) is 2.49. The molecule has 0 N–H and O–H groups in total. The topological polar surface area (TPSA) is 27.0 Å². The van der Waals surface area contributed by atoms with Crippen LogP contribution < -0.4 is 0 Å². The van der Waals surface area contributed by atoms with Crippen molar-refractivity contribution in [3.8, 4) is 6.07 Å². The lowest BCUT2D eigenvalue weighted by molar-refractivity contribution is 0.378. The normalized spacial score (nSPS) is 43.8. The van der Waals surface area contributed by atoms with Gasteiger partial charge < -0.3 is 4.90 Å². The Morgan fingerprint density at radius 3 is 2.82 bits per heavy atom. The monoisotopic (exact) mass is 150 g/mol. The van der Waals surface area contributed by atoms with Crippen LogP contribution in [0.3, 0.4) is 0 Å². The van der Waals surface area contributed by atoms with Crippen LogP contribution in [0, 0.1) is 29.1 Å². The van der Waals surface area contributed by atoms with Crippen molar-refractivity contribution < 1.29 is 0 Å². The Morgan fingerprint density at radius 2 is 2.36 bits per heavy atom. The van der Waals surface area contributed by atoms with Crippen LogP contribution in [0.5, 0.6) is 0 Å². The molecule has 3 unspecified atom stereocenters. The van der Waals surface area contributed by atoms with E-state index in [4.69, 9.17) is 5.26 Å². The molecule has 1 heterocycles. The van der Waals surface area contributed by atoms with Gasteiger partial charge in [0.05, 0.1) is 6.07 Å². The summed E-state index contributed by atoms with van der Waals surface area (Å²) in [5, 5.41) is 8.64. The van der Waals surface area contributed by atoms with Gasteiger partial charge in [0.2, 0.25) is 0 Å². The second-order valence-corrected chi connectivity index (χ2v) is 3.95. The van der Waals surface area contributed by atoms with Gasteiger partial charge >= 0.3 is 0 Å². The minimum Gasteiger partial charge on any atom is -0.306 e. The summed E-state index contributed by atoms with van der Waals surface area (Å²) in [6, 6.07) is 2.36. The molecule has 2 aliphatic rings. The van der Waals surface area contributed by atoms with Gasteiger partial charge in [-0.1, -0.05) is 0 Å². The van der Waals surface area contributed by atoms with Crippen LogP contribution in [0.25, 0.3) is 0 Å². The van der Waals surface area contributed by atoms with Crippen molar-refractivity contribution in [1.82, 2.24) is 4.90 Å². The Hall–Kier alpha value is -0.550. The molecule has 0 bridgehead atoms. The van der Waals surface area contributed by atoms with E-state index in [1.165, 1.54) is 25.9 Å². The van der Waals surface area contributed by atoms with E-state index in [1.54, 1.807) is 0 Å². The van der Waals surface area contributed by atoms with Crippen molar-refractivity contribution in [2.45, 2.75) is 12.8 Å². The second kappa shape index (κ2) is 2.49. The zero-order valence-electron chi connectivity index (χ0n) is 6.95. The average Bonchev–Trinajstić information content (AvgIpc) is 2.68.